The van der Waals surface area contributed by atoms with Gasteiger partial charge in [-0.05, 0) is 6.07 Å². The number of pyridine rings is 1. The summed E-state index contributed by atoms with van der Waals surface area (Å²) in [4.78, 5) is 11.9. The predicted octanol–water partition coefficient (Wildman–Crippen LogP) is 0.896. The van der Waals surface area contributed by atoms with E-state index in [0.29, 0.717) is 16.7 Å². The van der Waals surface area contributed by atoms with Crippen molar-refractivity contribution in [1.82, 2.24) is 15.0 Å². The molecule has 0 unspecified atom stereocenters. The lowest BCUT2D eigenvalue weighted by atomic mass is 10.3. The lowest BCUT2D eigenvalue weighted by Crippen LogP contribution is -1.88. The highest BCUT2D eigenvalue weighted by Crippen LogP contribution is 2.08. The molecule has 0 aliphatic heterocycles. The molecule has 0 amide bonds. The second-order valence-corrected chi connectivity index (χ2v) is 2.20. The van der Waals surface area contributed by atoms with Gasteiger partial charge in [0, 0.05) is 18.6 Å². The van der Waals surface area contributed by atoms with Gasteiger partial charge >= 0.3 is 0 Å². The monoisotopic (exact) mass is 156 g/mol. The van der Waals surface area contributed by atoms with Gasteiger partial charge in [-0.3, -0.25) is 4.98 Å². The smallest absolute Gasteiger partial charge is 0.168 e. The summed E-state index contributed by atoms with van der Waals surface area (Å²) in [6, 6.07) is 3.68. The van der Waals surface area contributed by atoms with Crippen molar-refractivity contribution in [2.75, 3.05) is 0 Å². The van der Waals surface area contributed by atoms with E-state index < -0.39 is 0 Å². The van der Waals surface area contributed by atoms with Crippen LogP contribution in [-0.4, -0.2) is 15.0 Å². The molecule has 0 aliphatic carbocycles. The predicted molar refractivity (Wildman–Crippen MR) is 42.0 cm³/mol. The highest BCUT2D eigenvalue weighted by atomic mass is 14.8. The molecule has 12 heavy (non-hydrogen) atoms. The maximum atomic E-state index is 8.66. The van der Waals surface area contributed by atoms with Gasteiger partial charge in [0.1, 0.15) is 11.6 Å². The van der Waals surface area contributed by atoms with E-state index >= 15 is 0 Å². The van der Waals surface area contributed by atoms with Crippen LogP contribution >= 0.6 is 0 Å². The molecule has 0 saturated carbocycles. The number of hydrogen-bond acceptors (Lipinski definition) is 4. The summed E-state index contributed by atoms with van der Waals surface area (Å²) >= 11 is 0. The number of nitrogens with zero attached hydrogens (tertiary/aromatic N) is 4. The van der Waals surface area contributed by atoms with Crippen molar-refractivity contribution in [1.29, 1.82) is 5.26 Å². The molecular weight excluding hydrogens is 152 g/mol. The Morgan fingerprint density at radius 3 is 2.75 bits per heavy atom. The Morgan fingerprint density at radius 2 is 1.92 bits per heavy atom. The van der Waals surface area contributed by atoms with E-state index in [4.69, 9.17) is 5.26 Å². The summed E-state index contributed by atoms with van der Waals surface area (Å²) < 4.78 is 0. The van der Waals surface area contributed by atoms with Crippen molar-refractivity contribution < 1.29 is 0 Å². The second-order valence-electron chi connectivity index (χ2n) is 2.20. The van der Waals surface area contributed by atoms with Crippen molar-refractivity contribution in [2.24, 2.45) is 0 Å². The Morgan fingerprint density at radius 1 is 1.08 bits per heavy atom. The molecule has 2 aromatic heterocycles. The van der Waals surface area contributed by atoms with Gasteiger partial charge in [-0.2, -0.15) is 5.26 Å². The summed E-state index contributed by atoms with van der Waals surface area (Å²) in [5.74, 6) is 0. The summed E-state index contributed by atoms with van der Waals surface area (Å²) in [7, 11) is 0. The largest absolute Gasteiger partial charge is 0.253 e. The highest BCUT2D eigenvalue weighted by molar-refractivity contribution is 5.77. The lowest BCUT2D eigenvalue weighted by molar-refractivity contribution is 1.22. The topological polar surface area (TPSA) is 62.5 Å². The quantitative estimate of drug-likeness (QED) is 0.568. The van der Waals surface area contributed by atoms with E-state index in [1.807, 2.05) is 6.07 Å². The van der Waals surface area contributed by atoms with Crippen LogP contribution in [0.15, 0.2) is 24.7 Å². The zero-order valence-electron chi connectivity index (χ0n) is 6.10. The summed E-state index contributed by atoms with van der Waals surface area (Å²) in [6.45, 7) is 0. The van der Waals surface area contributed by atoms with Crippen LogP contribution in [0.3, 0.4) is 0 Å². The van der Waals surface area contributed by atoms with Crippen molar-refractivity contribution >= 4 is 11.0 Å². The van der Waals surface area contributed by atoms with Crippen LogP contribution in [0.25, 0.3) is 11.0 Å². The van der Waals surface area contributed by atoms with Gasteiger partial charge in [0.25, 0.3) is 0 Å². The van der Waals surface area contributed by atoms with Crippen LogP contribution in [0.4, 0.5) is 0 Å². The van der Waals surface area contributed by atoms with E-state index in [1.165, 1.54) is 0 Å². The minimum atomic E-state index is 0.320. The molecule has 2 aromatic rings. The van der Waals surface area contributed by atoms with Crippen LogP contribution < -0.4 is 0 Å². The van der Waals surface area contributed by atoms with Gasteiger partial charge in [0.2, 0.25) is 0 Å². The Kier molecular flexibility index (Phi) is 1.42. The van der Waals surface area contributed by atoms with E-state index in [9.17, 15) is 0 Å². The summed E-state index contributed by atoms with van der Waals surface area (Å²) in [6.07, 6.45) is 4.68. The number of fused-ring (bicyclic) bond motifs is 1. The molecule has 0 saturated heterocycles. The third kappa shape index (κ3) is 0.883. The van der Waals surface area contributed by atoms with E-state index in [-0.39, 0.29) is 0 Å². The Bertz CT molecular complexity index is 453. The van der Waals surface area contributed by atoms with E-state index in [0.717, 1.165) is 0 Å². The fraction of sp³-hybridized carbons (Fsp3) is 0. The average molecular weight is 156 g/mol. The zero-order valence-corrected chi connectivity index (χ0v) is 6.10. The Hall–Kier alpha value is -2.02. The fourth-order valence-electron chi connectivity index (χ4n) is 0.979. The molecule has 0 spiro atoms. The first-order valence-electron chi connectivity index (χ1n) is 3.37. The summed E-state index contributed by atoms with van der Waals surface area (Å²) in [5, 5.41) is 8.66. The number of aromatic nitrogens is 3. The first-order chi connectivity index (χ1) is 5.92. The molecule has 0 atom stereocenters. The van der Waals surface area contributed by atoms with Crippen molar-refractivity contribution in [3.05, 3.63) is 30.4 Å². The molecule has 2 heterocycles. The van der Waals surface area contributed by atoms with E-state index in [1.54, 1.807) is 24.7 Å². The molecule has 0 N–H and O–H groups in total. The van der Waals surface area contributed by atoms with Crippen molar-refractivity contribution in [3.63, 3.8) is 0 Å². The molecule has 0 aliphatic rings. The van der Waals surface area contributed by atoms with Gasteiger partial charge in [-0.25, -0.2) is 9.97 Å². The SMILES string of the molecule is N#Cc1nccc2nccnc12. The minimum Gasteiger partial charge on any atom is -0.253 e. The molecule has 4 nitrogen and oxygen atoms in total. The fourth-order valence-corrected chi connectivity index (χ4v) is 0.979. The van der Waals surface area contributed by atoms with Gasteiger partial charge in [-0.15, -0.1) is 0 Å². The van der Waals surface area contributed by atoms with E-state index in [2.05, 4.69) is 15.0 Å². The molecule has 0 radical (unpaired) electrons. The lowest BCUT2D eigenvalue weighted by Gasteiger charge is -1.94. The number of hydrogen-bond donors (Lipinski definition) is 0. The van der Waals surface area contributed by atoms with Gasteiger partial charge in [0.15, 0.2) is 5.69 Å². The normalized spacial score (nSPS) is 9.58. The Labute approximate surface area is 68.5 Å². The van der Waals surface area contributed by atoms with Gasteiger partial charge in [0.05, 0.1) is 5.52 Å². The average Bonchev–Trinajstić information content (AvgIpc) is 2.17. The molecule has 0 aromatic carbocycles. The minimum absolute atomic E-state index is 0.320. The third-order valence-electron chi connectivity index (χ3n) is 1.49. The standard InChI is InChI=1S/C8H4N4/c9-5-7-8-6(1-2-10-7)11-3-4-12-8/h1-4H. The molecular formula is C8H4N4. The number of rotatable bonds is 0. The van der Waals surface area contributed by atoms with Crippen LogP contribution in [0, 0.1) is 11.3 Å². The maximum Gasteiger partial charge on any atom is 0.168 e. The molecule has 0 fully saturated rings. The third-order valence-corrected chi connectivity index (χ3v) is 1.49. The zero-order chi connectivity index (χ0) is 8.39. The second kappa shape index (κ2) is 2.55. The van der Waals surface area contributed by atoms with Crippen LogP contribution in [-0.2, 0) is 0 Å². The van der Waals surface area contributed by atoms with Crippen molar-refractivity contribution in [2.45, 2.75) is 0 Å². The highest BCUT2D eigenvalue weighted by Gasteiger charge is 2.00. The molecule has 0 bridgehead atoms. The summed E-state index contributed by atoms with van der Waals surface area (Å²) in [5.41, 5.74) is 1.58. The van der Waals surface area contributed by atoms with Crippen LogP contribution in [0.2, 0.25) is 0 Å². The number of nitriles is 1. The van der Waals surface area contributed by atoms with Gasteiger partial charge in [-0.1, -0.05) is 0 Å². The molecule has 56 valence electrons. The van der Waals surface area contributed by atoms with Crippen LogP contribution in [0.5, 0.6) is 0 Å². The Balaban J connectivity index is 2.91. The molecule has 2 rings (SSSR count). The maximum absolute atomic E-state index is 8.66. The van der Waals surface area contributed by atoms with Crippen molar-refractivity contribution in [3.8, 4) is 6.07 Å². The van der Waals surface area contributed by atoms with Gasteiger partial charge < -0.3 is 0 Å². The van der Waals surface area contributed by atoms with Crippen LogP contribution in [0.1, 0.15) is 5.69 Å². The first kappa shape index (κ1) is 6.68. The first-order valence-corrected chi connectivity index (χ1v) is 3.37. The molecule has 4 heteroatoms.